The molecule has 11 nitrogen and oxygen atoms in total. The Kier molecular flexibility index (Phi) is 13.0. The summed E-state index contributed by atoms with van der Waals surface area (Å²) in [4.78, 5) is 46.8. The zero-order valence-electron chi connectivity index (χ0n) is 29.8. The molecule has 0 saturated carbocycles. The Morgan fingerprint density at radius 2 is 1.54 bits per heavy atom. The molecule has 0 aliphatic carbocycles. The smallest absolute Gasteiger partial charge is 0.413 e. The molecule has 1 aromatic carbocycles. The molecule has 1 aliphatic rings. The number of benzene rings is 1. The van der Waals surface area contributed by atoms with Crippen molar-refractivity contribution in [1.29, 1.82) is 0 Å². The standard InChI is InChI=1S/C35H51Cl2N5O6/c1-22-15-25(39-29(16-22)40-30(43)46-33(2,3)4)18-24-20-42(32(45)48-35(8,9)10)21-28(24)38-13-14-41(31(44)47-34(5,6)7)19-23-11-12-26(36)27(37)17-23/h11-12,15-17,24,28,38H,13-14,18-21H2,1-10H3,(H,39,40,43)/t24-,28+/m0/s1. The lowest BCUT2D eigenvalue weighted by molar-refractivity contribution is 0.0233. The highest BCUT2D eigenvalue weighted by Crippen LogP contribution is 2.26. The first-order valence-corrected chi connectivity index (χ1v) is 16.9. The van der Waals surface area contributed by atoms with Crippen LogP contribution in [0.4, 0.5) is 20.2 Å². The van der Waals surface area contributed by atoms with Gasteiger partial charge in [-0.15, -0.1) is 0 Å². The first-order valence-electron chi connectivity index (χ1n) is 16.2. The second kappa shape index (κ2) is 16.0. The van der Waals surface area contributed by atoms with E-state index in [-0.39, 0.29) is 18.5 Å². The number of pyridine rings is 1. The third-order valence-corrected chi connectivity index (χ3v) is 7.75. The summed E-state index contributed by atoms with van der Waals surface area (Å²) in [6, 6.07) is 8.88. The van der Waals surface area contributed by atoms with Crippen molar-refractivity contribution in [3.05, 3.63) is 57.2 Å². The zero-order valence-corrected chi connectivity index (χ0v) is 31.3. The minimum absolute atomic E-state index is 0.0359. The minimum atomic E-state index is -0.678. The summed E-state index contributed by atoms with van der Waals surface area (Å²) in [5.41, 5.74) is 0.531. The molecule has 2 heterocycles. The van der Waals surface area contributed by atoms with Crippen LogP contribution in [0.15, 0.2) is 30.3 Å². The molecule has 0 spiro atoms. The molecular weight excluding hydrogens is 657 g/mol. The monoisotopic (exact) mass is 707 g/mol. The third kappa shape index (κ3) is 13.3. The van der Waals surface area contributed by atoms with E-state index in [0.29, 0.717) is 48.5 Å². The number of hydrogen-bond donors (Lipinski definition) is 2. The van der Waals surface area contributed by atoms with Crippen LogP contribution in [0.5, 0.6) is 0 Å². The number of aryl methyl sites for hydroxylation is 1. The van der Waals surface area contributed by atoms with E-state index in [1.54, 1.807) is 48.8 Å². The molecule has 0 bridgehead atoms. The van der Waals surface area contributed by atoms with Crippen molar-refractivity contribution < 1.29 is 28.6 Å². The quantitative estimate of drug-likeness (QED) is 0.253. The molecular formula is C35H51Cl2N5O6. The Bertz CT molecular complexity index is 1450. The number of likely N-dealkylation sites (tertiary alicyclic amines) is 1. The summed E-state index contributed by atoms with van der Waals surface area (Å²) < 4.78 is 16.8. The molecule has 3 amide bonds. The van der Waals surface area contributed by atoms with Crippen molar-refractivity contribution in [3.8, 4) is 0 Å². The van der Waals surface area contributed by atoms with Gasteiger partial charge in [-0.25, -0.2) is 19.4 Å². The molecule has 0 radical (unpaired) electrons. The third-order valence-electron chi connectivity index (χ3n) is 7.01. The number of hydrogen-bond acceptors (Lipinski definition) is 8. The van der Waals surface area contributed by atoms with Crippen molar-refractivity contribution in [3.63, 3.8) is 0 Å². The molecule has 2 aromatic rings. The van der Waals surface area contributed by atoms with Crippen LogP contribution in [0.3, 0.4) is 0 Å². The second-order valence-electron chi connectivity index (χ2n) is 15.2. The van der Waals surface area contributed by atoms with Gasteiger partial charge >= 0.3 is 18.3 Å². The largest absolute Gasteiger partial charge is 0.444 e. The van der Waals surface area contributed by atoms with Crippen molar-refractivity contribution in [2.75, 3.05) is 31.5 Å². The van der Waals surface area contributed by atoms with E-state index in [1.807, 2.05) is 60.6 Å². The van der Waals surface area contributed by atoms with E-state index in [9.17, 15) is 14.4 Å². The molecule has 2 atom stereocenters. The Hall–Kier alpha value is -3.28. The van der Waals surface area contributed by atoms with Crippen LogP contribution in [-0.2, 0) is 27.2 Å². The van der Waals surface area contributed by atoms with Gasteiger partial charge in [-0.2, -0.15) is 0 Å². The van der Waals surface area contributed by atoms with Gasteiger partial charge in [0.15, 0.2) is 0 Å². The number of amides is 3. The van der Waals surface area contributed by atoms with Gasteiger partial charge in [0, 0.05) is 44.5 Å². The number of nitrogens with one attached hydrogen (secondary N) is 2. The van der Waals surface area contributed by atoms with Crippen molar-refractivity contribution in [2.45, 2.75) is 105 Å². The molecule has 2 N–H and O–H groups in total. The van der Waals surface area contributed by atoms with Gasteiger partial charge in [-0.3, -0.25) is 5.32 Å². The summed E-state index contributed by atoms with van der Waals surface area (Å²) >= 11 is 12.4. The summed E-state index contributed by atoms with van der Waals surface area (Å²) in [7, 11) is 0. The minimum Gasteiger partial charge on any atom is -0.444 e. The highest BCUT2D eigenvalue weighted by Gasteiger charge is 2.37. The number of ether oxygens (including phenoxy) is 3. The van der Waals surface area contributed by atoms with Gasteiger partial charge in [-0.1, -0.05) is 29.3 Å². The predicted molar refractivity (Wildman–Crippen MR) is 189 cm³/mol. The van der Waals surface area contributed by atoms with Gasteiger partial charge in [-0.05, 0) is 117 Å². The van der Waals surface area contributed by atoms with E-state index < -0.39 is 35.1 Å². The molecule has 48 heavy (non-hydrogen) atoms. The number of rotatable bonds is 9. The van der Waals surface area contributed by atoms with E-state index >= 15 is 0 Å². The highest BCUT2D eigenvalue weighted by molar-refractivity contribution is 6.42. The van der Waals surface area contributed by atoms with Gasteiger partial charge in [0.05, 0.1) is 10.0 Å². The van der Waals surface area contributed by atoms with Gasteiger partial charge < -0.3 is 29.3 Å². The van der Waals surface area contributed by atoms with Gasteiger partial charge in [0.25, 0.3) is 0 Å². The van der Waals surface area contributed by atoms with Gasteiger partial charge in [0.2, 0.25) is 0 Å². The number of carbonyl (C=O) groups is 3. The average Bonchev–Trinajstić information content (AvgIpc) is 3.29. The second-order valence-corrected chi connectivity index (χ2v) is 16.0. The molecule has 1 fully saturated rings. The van der Waals surface area contributed by atoms with Crippen LogP contribution in [0.1, 0.15) is 79.1 Å². The maximum Gasteiger partial charge on any atom is 0.413 e. The van der Waals surface area contributed by atoms with Gasteiger partial charge in [0.1, 0.15) is 22.6 Å². The molecule has 266 valence electrons. The van der Waals surface area contributed by atoms with Crippen molar-refractivity contribution in [2.24, 2.45) is 5.92 Å². The molecule has 0 unspecified atom stereocenters. The summed E-state index contributed by atoms with van der Waals surface area (Å²) in [6.07, 6.45) is -0.904. The fraction of sp³-hybridized carbons (Fsp3) is 0.600. The van der Waals surface area contributed by atoms with Crippen LogP contribution in [0.25, 0.3) is 0 Å². The first kappa shape index (κ1) is 39.2. The molecule has 3 rings (SSSR count). The lowest BCUT2D eigenvalue weighted by Crippen LogP contribution is -2.44. The van der Waals surface area contributed by atoms with Crippen molar-refractivity contribution >= 4 is 47.3 Å². The Balaban J connectivity index is 1.79. The Morgan fingerprint density at radius 1 is 0.896 bits per heavy atom. The van der Waals surface area contributed by atoms with E-state index in [2.05, 4.69) is 10.6 Å². The average molecular weight is 709 g/mol. The van der Waals surface area contributed by atoms with Crippen LogP contribution >= 0.6 is 23.2 Å². The Labute approximate surface area is 295 Å². The normalized spacial score (nSPS) is 16.8. The SMILES string of the molecule is Cc1cc(C[C@H]2CN(C(=O)OC(C)(C)C)C[C@H]2NCCN(Cc2ccc(Cl)c(Cl)c2)C(=O)OC(C)(C)C)nc(NC(=O)OC(C)(C)C)c1. The van der Waals surface area contributed by atoms with E-state index in [1.165, 1.54) is 0 Å². The Morgan fingerprint density at radius 3 is 2.15 bits per heavy atom. The topological polar surface area (TPSA) is 122 Å². The summed E-state index contributed by atoms with van der Waals surface area (Å²) in [5, 5.41) is 7.15. The number of carbonyl (C=O) groups excluding carboxylic acids is 3. The lowest BCUT2D eigenvalue weighted by Gasteiger charge is -2.28. The summed E-state index contributed by atoms with van der Waals surface area (Å²) in [5.74, 6) is 0.354. The molecule has 1 saturated heterocycles. The number of nitrogens with zero attached hydrogens (tertiary/aromatic N) is 3. The highest BCUT2D eigenvalue weighted by atomic mass is 35.5. The van der Waals surface area contributed by atoms with Crippen LogP contribution in [0.2, 0.25) is 10.0 Å². The van der Waals surface area contributed by atoms with E-state index in [4.69, 9.17) is 42.4 Å². The van der Waals surface area contributed by atoms with E-state index in [0.717, 1.165) is 16.8 Å². The molecule has 13 heteroatoms. The molecule has 1 aliphatic heterocycles. The number of anilines is 1. The number of aromatic nitrogens is 1. The predicted octanol–water partition coefficient (Wildman–Crippen LogP) is 7.85. The van der Waals surface area contributed by atoms with Crippen LogP contribution in [0, 0.1) is 12.8 Å². The fourth-order valence-electron chi connectivity index (χ4n) is 5.17. The maximum atomic E-state index is 13.2. The first-order chi connectivity index (χ1) is 22.1. The maximum absolute atomic E-state index is 13.2. The fourth-order valence-corrected chi connectivity index (χ4v) is 5.50. The summed E-state index contributed by atoms with van der Waals surface area (Å²) in [6.45, 7) is 20.2. The van der Waals surface area contributed by atoms with Crippen LogP contribution < -0.4 is 10.6 Å². The van der Waals surface area contributed by atoms with Crippen LogP contribution in [-0.4, -0.2) is 82.1 Å². The number of halogens is 2. The zero-order chi connectivity index (χ0) is 36.0. The van der Waals surface area contributed by atoms with Crippen molar-refractivity contribution in [1.82, 2.24) is 20.1 Å². The lowest BCUT2D eigenvalue weighted by atomic mass is 9.97. The molecule has 1 aromatic heterocycles.